The molecule has 0 bridgehead atoms. The van der Waals surface area contributed by atoms with Crippen LogP contribution >= 0.6 is 0 Å². The van der Waals surface area contributed by atoms with Gasteiger partial charge in [0, 0.05) is 38.9 Å². The van der Waals surface area contributed by atoms with Crippen LogP contribution in [0.5, 0.6) is 11.5 Å². The van der Waals surface area contributed by atoms with E-state index in [2.05, 4.69) is 22.3 Å². The molecule has 1 fully saturated rings. The predicted molar refractivity (Wildman–Crippen MR) is 110 cm³/mol. The Kier molecular flexibility index (Phi) is 5.60. The average Bonchev–Trinajstić information content (AvgIpc) is 3.07. The number of carbonyl (C=O) groups is 1. The Hall–Kier alpha value is -2.77. The number of hydrogen-bond acceptors (Lipinski definition) is 5. The summed E-state index contributed by atoms with van der Waals surface area (Å²) in [5.74, 6) is 1.50. The molecule has 0 aromatic heterocycles. The quantitative estimate of drug-likeness (QED) is 0.695. The van der Waals surface area contributed by atoms with Crippen LogP contribution in [-0.4, -0.2) is 54.0 Å². The third kappa shape index (κ3) is 4.63. The molecule has 154 valence electrons. The minimum absolute atomic E-state index is 0.0962. The number of nitrogens with two attached hydrogens (primary N) is 1. The fraction of sp³-hybridized carbons (Fsp3) is 0.409. The third-order valence-electron chi connectivity index (χ3n) is 5.62. The van der Waals surface area contributed by atoms with Gasteiger partial charge in [-0.2, -0.15) is 0 Å². The number of primary amides is 1. The summed E-state index contributed by atoms with van der Waals surface area (Å²) < 4.78 is 12.0. The second-order valence-electron chi connectivity index (χ2n) is 7.82. The van der Waals surface area contributed by atoms with Crippen LogP contribution in [0.2, 0.25) is 0 Å². The number of amides is 2. The van der Waals surface area contributed by atoms with Crippen molar-refractivity contribution in [2.75, 3.05) is 31.6 Å². The van der Waals surface area contributed by atoms with Gasteiger partial charge >= 0.3 is 6.03 Å². The highest BCUT2D eigenvalue weighted by Crippen LogP contribution is 2.40. The highest BCUT2D eigenvalue weighted by Gasteiger charge is 2.41. The summed E-state index contributed by atoms with van der Waals surface area (Å²) in [6.45, 7) is 2.44. The van der Waals surface area contributed by atoms with Crippen molar-refractivity contribution in [1.82, 2.24) is 4.90 Å². The first-order valence-electron chi connectivity index (χ1n) is 9.99. The summed E-state index contributed by atoms with van der Waals surface area (Å²) >= 11 is 0. The van der Waals surface area contributed by atoms with Gasteiger partial charge < -0.3 is 30.5 Å². The van der Waals surface area contributed by atoms with Crippen molar-refractivity contribution in [3.63, 3.8) is 0 Å². The molecule has 7 nitrogen and oxygen atoms in total. The maximum Gasteiger partial charge on any atom is 0.316 e. The maximum atomic E-state index is 11.1. The zero-order valence-electron chi connectivity index (χ0n) is 16.3. The van der Waals surface area contributed by atoms with Crippen molar-refractivity contribution in [2.24, 2.45) is 5.73 Å². The molecule has 4 rings (SSSR count). The van der Waals surface area contributed by atoms with E-state index in [1.165, 1.54) is 5.56 Å². The average molecular weight is 397 g/mol. The van der Waals surface area contributed by atoms with Crippen LogP contribution in [0, 0.1) is 0 Å². The summed E-state index contributed by atoms with van der Waals surface area (Å²) in [4.78, 5) is 13.3. The molecule has 4 N–H and O–H groups in total. The first-order valence-corrected chi connectivity index (χ1v) is 9.99. The molecule has 2 heterocycles. The van der Waals surface area contributed by atoms with Crippen LogP contribution in [0.4, 0.5) is 10.5 Å². The molecule has 2 aromatic carbocycles. The molecule has 29 heavy (non-hydrogen) atoms. The molecule has 2 amide bonds. The van der Waals surface area contributed by atoms with Crippen molar-refractivity contribution < 1.29 is 19.4 Å². The Morgan fingerprint density at radius 1 is 1.21 bits per heavy atom. The number of anilines is 1. The lowest BCUT2D eigenvalue weighted by Crippen LogP contribution is -2.49. The number of carbonyl (C=O) groups excluding carboxylic acids is 1. The molecule has 2 aliphatic rings. The molecular formula is C22H27N3O4. The number of rotatable bonds is 6. The molecule has 1 saturated heterocycles. The molecule has 7 heteroatoms. The summed E-state index contributed by atoms with van der Waals surface area (Å²) in [6, 6.07) is 14.6. The zero-order chi connectivity index (χ0) is 20.3. The smallest absolute Gasteiger partial charge is 0.316 e. The fourth-order valence-corrected chi connectivity index (χ4v) is 4.15. The fourth-order valence-electron chi connectivity index (χ4n) is 4.15. The minimum Gasteiger partial charge on any atom is -0.489 e. The van der Waals surface area contributed by atoms with Crippen LogP contribution < -0.4 is 20.5 Å². The van der Waals surface area contributed by atoms with Gasteiger partial charge in [-0.3, -0.25) is 0 Å². The van der Waals surface area contributed by atoms with Crippen molar-refractivity contribution >= 4 is 11.7 Å². The molecule has 0 aliphatic carbocycles. The second kappa shape index (κ2) is 8.31. The third-order valence-corrected chi connectivity index (χ3v) is 5.62. The monoisotopic (exact) mass is 397 g/mol. The maximum absolute atomic E-state index is 11.1. The number of hydrogen-bond donors (Lipinski definition) is 3. The number of nitrogens with one attached hydrogen (secondary N) is 1. The van der Waals surface area contributed by atoms with Gasteiger partial charge in [0.05, 0.1) is 5.69 Å². The van der Waals surface area contributed by atoms with E-state index < -0.39 is 12.1 Å². The molecular weight excluding hydrogens is 370 g/mol. The number of β-amino-alcohol motifs (C(OH)–C–C–N with tert-alkyl or cyclic N) is 1. The van der Waals surface area contributed by atoms with Gasteiger partial charge in [0.25, 0.3) is 0 Å². The molecule has 0 radical (unpaired) electrons. The highest BCUT2D eigenvalue weighted by molar-refractivity contribution is 5.89. The van der Waals surface area contributed by atoms with Gasteiger partial charge in [-0.25, -0.2) is 4.79 Å². The number of urea groups is 1. The Balaban J connectivity index is 1.25. The normalized spacial score (nSPS) is 18.7. The van der Waals surface area contributed by atoms with E-state index in [1.807, 2.05) is 12.1 Å². The molecule has 2 aromatic rings. The van der Waals surface area contributed by atoms with Crippen LogP contribution in [0.25, 0.3) is 0 Å². The van der Waals surface area contributed by atoms with Gasteiger partial charge in [0.2, 0.25) is 0 Å². The Labute approximate surface area is 170 Å². The number of likely N-dealkylation sites (tertiary alicyclic amines) is 1. The summed E-state index contributed by atoms with van der Waals surface area (Å²) in [5.41, 5.74) is 6.86. The van der Waals surface area contributed by atoms with E-state index in [0.29, 0.717) is 18.0 Å². The molecule has 0 unspecified atom stereocenters. The van der Waals surface area contributed by atoms with Crippen molar-refractivity contribution in [2.45, 2.75) is 31.0 Å². The number of aliphatic hydroxyl groups excluding tert-OH is 1. The standard InChI is InChI=1S/C22H27N3O4/c23-21(27)24-18-6-2-4-8-20(18)28-15-17(26)14-25-11-9-22(10-12-25)13-16-5-1-3-7-19(16)29-22/h1-8,17,26H,9-15H2,(H3,23,24,27)/t17-/m1/s1. The summed E-state index contributed by atoms with van der Waals surface area (Å²) in [6.07, 6.45) is 2.22. The van der Waals surface area contributed by atoms with E-state index in [0.717, 1.165) is 38.1 Å². The molecule has 1 spiro atoms. The lowest BCUT2D eigenvalue weighted by Gasteiger charge is -2.39. The zero-order valence-corrected chi connectivity index (χ0v) is 16.3. The number of nitrogens with zero attached hydrogens (tertiary/aromatic N) is 1. The van der Waals surface area contributed by atoms with Crippen LogP contribution in [-0.2, 0) is 6.42 Å². The summed E-state index contributed by atoms with van der Waals surface area (Å²) in [5, 5.41) is 12.9. The first kappa shape index (κ1) is 19.5. The number of piperidine rings is 1. The van der Waals surface area contributed by atoms with Crippen molar-refractivity contribution in [1.29, 1.82) is 0 Å². The number of aliphatic hydroxyl groups is 1. The van der Waals surface area contributed by atoms with Gasteiger partial charge in [-0.1, -0.05) is 30.3 Å². The van der Waals surface area contributed by atoms with Gasteiger partial charge in [0.1, 0.15) is 29.8 Å². The summed E-state index contributed by atoms with van der Waals surface area (Å²) in [7, 11) is 0. The topological polar surface area (TPSA) is 97.1 Å². The number of ether oxygens (including phenoxy) is 2. The van der Waals surface area contributed by atoms with E-state index in [-0.39, 0.29) is 12.2 Å². The minimum atomic E-state index is -0.653. The largest absolute Gasteiger partial charge is 0.489 e. The van der Waals surface area contributed by atoms with Crippen molar-refractivity contribution in [3.05, 3.63) is 54.1 Å². The number of para-hydroxylation sites is 3. The van der Waals surface area contributed by atoms with E-state index in [9.17, 15) is 9.90 Å². The Morgan fingerprint density at radius 3 is 2.69 bits per heavy atom. The van der Waals surface area contributed by atoms with E-state index >= 15 is 0 Å². The molecule has 0 saturated carbocycles. The van der Waals surface area contributed by atoms with Gasteiger partial charge in [0.15, 0.2) is 0 Å². The van der Waals surface area contributed by atoms with E-state index in [4.69, 9.17) is 15.2 Å². The molecule has 2 aliphatic heterocycles. The van der Waals surface area contributed by atoms with Crippen LogP contribution in [0.1, 0.15) is 18.4 Å². The van der Waals surface area contributed by atoms with Gasteiger partial charge in [-0.15, -0.1) is 0 Å². The van der Waals surface area contributed by atoms with E-state index in [1.54, 1.807) is 24.3 Å². The highest BCUT2D eigenvalue weighted by atomic mass is 16.5. The Morgan fingerprint density at radius 2 is 1.93 bits per heavy atom. The number of benzene rings is 2. The molecule has 1 atom stereocenters. The lowest BCUT2D eigenvalue weighted by molar-refractivity contribution is -0.00191. The van der Waals surface area contributed by atoms with Crippen molar-refractivity contribution in [3.8, 4) is 11.5 Å². The van der Waals surface area contributed by atoms with Gasteiger partial charge in [-0.05, 0) is 23.8 Å². The van der Waals surface area contributed by atoms with Crippen LogP contribution in [0.15, 0.2) is 48.5 Å². The lowest BCUT2D eigenvalue weighted by atomic mass is 9.87. The predicted octanol–water partition coefficient (Wildman–Crippen LogP) is 2.39. The Bertz CT molecular complexity index is 838. The number of fused-ring (bicyclic) bond motifs is 1. The first-order chi connectivity index (χ1) is 14.0. The van der Waals surface area contributed by atoms with Crippen LogP contribution in [0.3, 0.4) is 0 Å². The SMILES string of the molecule is NC(=O)Nc1ccccc1OC[C@H](O)CN1CCC2(CC1)Cc1ccccc1O2. The second-order valence-corrected chi connectivity index (χ2v) is 7.82.